The smallest absolute Gasteiger partial charge is 0.00450 e. The van der Waals surface area contributed by atoms with Crippen LogP contribution in [0, 0.1) is 35.0 Å². The van der Waals surface area contributed by atoms with Gasteiger partial charge in [-0.2, -0.15) is 0 Å². The van der Waals surface area contributed by atoms with Crippen molar-refractivity contribution in [1.82, 2.24) is 0 Å². The maximum atomic E-state index is 4.65. The van der Waals surface area contributed by atoms with Crippen LogP contribution in [0.1, 0.15) is 78.1 Å². The first-order valence-corrected chi connectivity index (χ1v) is 12.7. The van der Waals surface area contributed by atoms with Crippen LogP contribution in [-0.4, -0.2) is 0 Å². The van der Waals surface area contributed by atoms with Gasteiger partial charge < -0.3 is 0 Å². The van der Waals surface area contributed by atoms with Crippen LogP contribution in [0.15, 0.2) is 70.4 Å². The first kappa shape index (κ1) is 19.1. The minimum absolute atomic E-state index is 0.649. The molecule has 0 aromatic carbocycles. The molecule has 0 aromatic heterocycles. The summed E-state index contributed by atoms with van der Waals surface area (Å²) in [5, 5.41) is 0. The van der Waals surface area contributed by atoms with Crippen molar-refractivity contribution in [2.45, 2.75) is 78.1 Å². The third kappa shape index (κ3) is 3.26. The molecule has 0 heteroatoms. The molecule has 0 radical (unpaired) electrons. The number of fused-ring (bicyclic) bond motifs is 2. The van der Waals surface area contributed by atoms with Gasteiger partial charge in [-0.25, -0.2) is 0 Å². The maximum Gasteiger partial charge on any atom is 0.00450 e. The topological polar surface area (TPSA) is 0 Å². The van der Waals surface area contributed by atoms with E-state index in [0.717, 1.165) is 17.3 Å². The van der Waals surface area contributed by atoms with Gasteiger partial charge in [0.15, 0.2) is 0 Å². The molecule has 3 fully saturated rings. The fraction of sp³-hybridized carbons (Fsp3) is 0.600. The highest BCUT2D eigenvalue weighted by atomic mass is 14.5. The molecule has 6 rings (SSSR count). The molecular formula is C30H38. The lowest BCUT2D eigenvalue weighted by Gasteiger charge is -2.42. The van der Waals surface area contributed by atoms with Gasteiger partial charge in [0.1, 0.15) is 0 Å². The van der Waals surface area contributed by atoms with E-state index in [9.17, 15) is 0 Å². The molecular weight excluding hydrogens is 360 g/mol. The molecule has 0 N–H and O–H groups in total. The van der Waals surface area contributed by atoms with Crippen LogP contribution in [0.3, 0.4) is 0 Å². The van der Waals surface area contributed by atoms with Gasteiger partial charge >= 0.3 is 0 Å². The van der Waals surface area contributed by atoms with Crippen LogP contribution >= 0.6 is 0 Å². The van der Waals surface area contributed by atoms with Crippen LogP contribution in [0.5, 0.6) is 0 Å². The van der Waals surface area contributed by atoms with Crippen molar-refractivity contribution in [1.29, 1.82) is 0 Å². The van der Waals surface area contributed by atoms with E-state index in [0.29, 0.717) is 17.8 Å². The first-order valence-electron chi connectivity index (χ1n) is 12.7. The van der Waals surface area contributed by atoms with Crippen LogP contribution in [0.4, 0.5) is 0 Å². The zero-order valence-electron chi connectivity index (χ0n) is 19.1. The maximum absolute atomic E-state index is 4.65. The third-order valence-electron chi connectivity index (χ3n) is 9.63. The SMILES string of the molecule is C=C1CC(C2C=C(C)C3=CC(C)=CC3C2)CC2=CC=C(C3CCCC4(CC4)C3)CC12. The van der Waals surface area contributed by atoms with E-state index in [1.165, 1.54) is 80.9 Å². The lowest BCUT2D eigenvalue weighted by Crippen LogP contribution is -2.29. The Morgan fingerprint density at radius 1 is 0.967 bits per heavy atom. The van der Waals surface area contributed by atoms with Gasteiger partial charge in [0, 0.05) is 11.8 Å². The highest BCUT2D eigenvalue weighted by Gasteiger charge is 2.47. The molecule has 0 bridgehead atoms. The normalized spacial score (nSPS) is 39.3. The Morgan fingerprint density at radius 2 is 1.80 bits per heavy atom. The fourth-order valence-electron chi connectivity index (χ4n) is 7.75. The van der Waals surface area contributed by atoms with Crippen LogP contribution in [0.2, 0.25) is 0 Å². The second kappa shape index (κ2) is 6.98. The zero-order valence-corrected chi connectivity index (χ0v) is 19.1. The van der Waals surface area contributed by atoms with Crippen molar-refractivity contribution in [3.05, 3.63) is 70.4 Å². The standard InChI is InChI=1S/C30H38/c1-19-11-27-16-26(13-20(2)28(27)12-19)25-14-21(3)29-17-22(6-7-23(29)15-25)24-5-4-8-30(18-24)9-10-30/h6-7,11-13,24-27,29H,3-5,8-10,14-18H2,1-2H3. The Balaban J connectivity index is 1.20. The van der Waals surface area contributed by atoms with Crippen molar-refractivity contribution in [2.24, 2.45) is 35.0 Å². The second-order valence-corrected chi connectivity index (χ2v) is 11.7. The van der Waals surface area contributed by atoms with Crippen LogP contribution in [-0.2, 0) is 0 Å². The van der Waals surface area contributed by atoms with E-state index < -0.39 is 0 Å². The molecule has 1 spiro atoms. The minimum Gasteiger partial charge on any atom is -0.0992 e. The molecule has 0 nitrogen and oxygen atoms in total. The summed E-state index contributed by atoms with van der Waals surface area (Å²) in [5.74, 6) is 3.66. The van der Waals surface area contributed by atoms with Gasteiger partial charge in [0.05, 0.1) is 0 Å². The molecule has 6 aliphatic carbocycles. The summed E-state index contributed by atoms with van der Waals surface area (Å²) in [7, 11) is 0. The summed E-state index contributed by atoms with van der Waals surface area (Å²) >= 11 is 0. The summed E-state index contributed by atoms with van der Waals surface area (Å²) in [6.45, 7) is 9.25. The highest BCUT2D eigenvalue weighted by Crippen LogP contribution is 2.59. The molecule has 0 heterocycles. The van der Waals surface area contributed by atoms with Gasteiger partial charge in [-0.05, 0) is 100 Å². The van der Waals surface area contributed by atoms with Crippen molar-refractivity contribution in [3.8, 4) is 0 Å². The van der Waals surface area contributed by atoms with E-state index in [1.807, 2.05) is 0 Å². The quantitative estimate of drug-likeness (QED) is 0.411. The van der Waals surface area contributed by atoms with E-state index in [2.05, 4.69) is 50.8 Å². The second-order valence-electron chi connectivity index (χ2n) is 11.7. The monoisotopic (exact) mass is 398 g/mol. The third-order valence-corrected chi connectivity index (χ3v) is 9.63. The largest absolute Gasteiger partial charge is 0.0992 e. The van der Waals surface area contributed by atoms with Gasteiger partial charge in [-0.3, -0.25) is 0 Å². The number of rotatable bonds is 2. The van der Waals surface area contributed by atoms with Crippen LogP contribution < -0.4 is 0 Å². The van der Waals surface area contributed by atoms with Crippen molar-refractivity contribution < 1.29 is 0 Å². The van der Waals surface area contributed by atoms with Crippen LogP contribution in [0.25, 0.3) is 0 Å². The summed E-state index contributed by atoms with van der Waals surface area (Å²) in [6.07, 6.45) is 26.7. The van der Waals surface area contributed by atoms with Crippen molar-refractivity contribution >= 4 is 0 Å². The summed E-state index contributed by atoms with van der Waals surface area (Å²) in [4.78, 5) is 0. The first-order chi connectivity index (χ1) is 14.5. The van der Waals surface area contributed by atoms with E-state index in [1.54, 1.807) is 16.7 Å². The predicted molar refractivity (Wildman–Crippen MR) is 127 cm³/mol. The Labute approximate surface area is 183 Å². The lowest BCUT2D eigenvalue weighted by atomic mass is 9.63. The van der Waals surface area contributed by atoms with Crippen molar-refractivity contribution in [3.63, 3.8) is 0 Å². The molecule has 5 atom stereocenters. The molecule has 6 aliphatic rings. The Hall–Kier alpha value is -1.56. The molecule has 0 amide bonds. The Kier molecular flexibility index (Phi) is 4.45. The molecule has 30 heavy (non-hydrogen) atoms. The highest BCUT2D eigenvalue weighted by molar-refractivity contribution is 5.47. The Morgan fingerprint density at radius 3 is 2.63 bits per heavy atom. The molecule has 0 aromatic rings. The van der Waals surface area contributed by atoms with Crippen molar-refractivity contribution in [2.75, 3.05) is 0 Å². The summed E-state index contributed by atoms with van der Waals surface area (Å²) in [6, 6.07) is 0. The van der Waals surface area contributed by atoms with Gasteiger partial charge in [-0.1, -0.05) is 71.2 Å². The average molecular weight is 399 g/mol. The predicted octanol–water partition coefficient (Wildman–Crippen LogP) is 8.26. The summed E-state index contributed by atoms with van der Waals surface area (Å²) < 4.78 is 0. The Bertz CT molecular complexity index is 925. The lowest BCUT2D eigenvalue weighted by molar-refractivity contribution is 0.263. The van der Waals surface area contributed by atoms with Gasteiger partial charge in [-0.15, -0.1) is 0 Å². The van der Waals surface area contributed by atoms with Gasteiger partial charge in [0.25, 0.3) is 0 Å². The van der Waals surface area contributed by atoms with E-state index >= 15 is 0 Å². The molecule has 0 saturated heterocycles. The number of hydrogen-bond acceptors (Lipinski definition) is 0. The molecule has 5 unspecified atom stereocenters. The minimum atomic E-state index is 0.649. The average Bonchev–Trinajstić information content (AvgIpc) is 3.35. The van der Waals surface area contributed by atoms with Gasteiger partial charge in [0.2, 0.25) is 0 Å². The number of hydrogen-bond donors (Lipinski definition) is 0. The molecule has 3 saturated carbocycles. The number of allylic oxidation sites excluding steroid dienone is 11. The van der Waals surface area contributed by atoms with E-state index in [4.69, 9.17) is 0 Å². The molecule has 0 aliphatic heterocycles. The van der Waals surface area contributed by atoms with E-state index in [-0.39, 0.29) is 0 Å². The summed E-state index contributed by atoms with van der Waals surface area (Å²) in [5.41, 5.74) is 10.3. The fourth-order valence-corrected chi connectivity index (χ4v) is 7.75. The zero-order chi connectivity index (χ0) is 20.5. The molecule has 158 valence electrons.